The van der Waals surface area contributed by atoms with E-state index in [0.29, 0.717) is 12.3 Å². The summed E-state index contributed by atoms with van der Waals surface area (Å²) in [6.45, 7) is 4.28. The number of carboxylic acid groups (broad SMARTS) is 1. The number of hydrogen-bond donors (Lipinski definition) is 1. The zero-order chi connectivity index (χ0) is 19.1. The van der Waals surface area contributed by atoms with E-state index in [1.54, 1.807) is 0 Å². The number of aliphatic carboxylic acids is 1. The third kappa shape index (κ3) is 6.07. The lowest BCUT2D eigenvalue weighted by atomic mass is 9.85. The SMILES string of the molecule is Cc1cccc(C)c1CC[C@H]1C(F)C(I)C[C@@H]1CC=CCCCC(=O)O. The number of unbranched alkanes of at least 4 members (excludes halogenated alkanes) is 1. The van der Waals surface area contributed by atoms with E-state index in [-0.39, 0.29) is 16.3 Å². The minimum Gasteiger partial charge on any atom is -0.481 e. The van der Waals surface area contributed by atoms with E-state index in [2.05, 4.69) is 66.8 Å². The first-order valence-corrected chi connectivity index (χ1v) is 10.8. The molecule has 144 valence electrons. The molecule has 0 saturated heterocycles. The molecule has 0 aromatic heterocycles. The van der Waals surface area contributed by atoms with Crippen LogP contribution in [0.5, 0.6) is 0 Å². The Morgan fingerprint density at radius 3 is 2.65 bits per heavy atom. The second kappa shape index (κ2) is 10.4. The maximum atomic E-state index is 14.8. The van der Waals surface area contributed by atoms with E-state index in [0.717, 1.165) is 32.1 Å². The lowest BCUT2D eigenvalue weighted by Crippen LogP contribution is -2.20. The van der Waals surface area contributed by atoms with Gasteiger partial charge < -0.3 is 5.11 Å². The summed E-state index contributed by atoms with van der Waals surface area (Å²) in [6, 6.07) is 6.37. The van der Waals surface area contributed by atoms with Gasteiger partial charge in [0.15, 0.2) is 0 Å². The molecule has 1 N–H and O–H groups in total. The van der Waals surface area contributed by atoms with Crippen molar-refractivity contribution in [3.63, 3.8) is 0 Å². The Bertz CT molecular complexity index is 608. The van der Waals surface area contributed by atoms with Crippen LogP contribution in [0.15, 0.2) is 30.4 Å². The molecule has 2 nitrogen and oxygen atoms in total. The summed E-state index contributed by atoms with van der Waals surface area (Å²) in [6.07, 6.45) is 8.88. The Morgan fingerprint density at radius 1 is 1.31 bits per heavy atom. The van der Waals surface area contributed by atoms with Crippen LogP contribution >= 0.6 is 22.6 Å². The molecule has 26 heavy (non-hydrogen) atoms. The molecule has 0 radical (unpaired) electrons. The monoisotopic (exact) mass is 472 g/mol. The van der Waals surface area contributed by atoms with Crippen molar-refractivity contribution in [1.82, 2.24) is 0 Å². The fourth-order valence-corrected chi connectivity index (χ4v) is 5.29. The molecule has 2 rings (SSSR count). The molecule has 1 aromatic rings. The molecule has 4 atom stereocenters. The van der Waals surface area contributed by atoms with Crippen LogP contribution in [0.1, 0.15) is 55.2 Å². The van der Waals surface area contributed by atoms with Gasteiger partial charge in [-0.25, -0.2) is 4.39 Å². The lowest BCUT2D eigenvalue weighted by Gasteiger charge is -2.21. The molecule has 0 bridgehead atoms. The number of hydrogen-bond acceptors (Lipinski definition) is 1. The van der Waals surface area contributed by atoms with Crippen LogP contribution in [-0.2, 0) is 11.2 Å². The van der Waals surface area contributed by atoms with Crippen LogP contribution in [0, 0.1) is 25.7 Å². The highest BCUT2D eigenvalue weighted by Crippen LogP contribution is 2.43. The average molecular weight is 472 g/mol. The summed E-state index contributed by atoms with van der Waals surface area (Å²) < 4.78 is 14.9. The Labute approximate surface area is 170 Å². The van der Waals surface area contributed by atoms with Crippen molar-refractivity contribution in [3.8, 4) is 0 Å². The van der Waals surface area contributed by atoms with Gasteiger partial charge in [0.1, 0.15) is 6.17 Å². The standard InChI is InChI=1S/C22H30FIO2/c1-15-8-7-9-16(2)18(15)12-13-19-17(14-20(24)22(19)23)10-5-3-4-6-11-21(25)26/h3,5,7-9,17,19-20,22H,4,6,10-14H2,1-2H3,(H,25,26)/t17-,19+,20?,22?/m0/s1. The Hall–Kier alpha value is -0.910. The van der Waals surface area contributed by atoms with Gasteiger partial charge >= 0.3 is 5.97 Å². The minimum absolute atomic E-state index is 0.112. The summed E-state index contributed by atoms with van der Waals surface area (Å²) in [5.41, 5.74) is 3.98. The predicted octanol–water partition coefficient (Wildman–Crippen LogP) is 6.22. The highest BCUT2D eigenvalue weighted by atomic mass is 127. The topological polar surface area (TPSA) is 37.3 Å². The molecule has 0 amide bonds. The maximum absolute atomic E-state index is 14.8. The van der Waals surface area contributed by atoms with Crippen molar-refractivity contribution in [2.24, 2.45) is 11.8 Å². The van der Waals surface area contributed by atoms with E-state index in [1.165, 1.54) is 16.7 Å². The van der Waals surface area contributed by atoms with Crippen molar-refractivity contribution in [2.75, 3.05) is 0 Å². The van der Waals surface area contributed by atoms with Crippen molar-refractivity contribution in [1.29, 1.82) is 0 Å². The molecule has 0 aliphatic heterocycles. The van der Waals surface area contributed by atoms with E-state index in [9.17, 15) is 9.18 Å². The fraction of sp³-hybridized carbons (Fsp3) is 0.591. The first-order chi connectivity index (χ1) is 12.4. The van der Waals surface area contributed by atoms with Crippen molar-refractivity contribution >= 4 is 28.6 Å². The second-order valence-corrected chi connectivity index (χ2v) is 9.12. The predicted molar refractivity (Wildman–Crippen MR) is 114 cm³/mol. The van der Waals surface area contributed by atoms with Gasteiger partial charge in [-0.05, 0) is 80.9 Å². The molecule has 1 fully saturated rings. The molecule has 1 aliphatic rings. The summed E-state index contributed by atoms with van der Waals surface area (Å²) in [4.78, 5) is 10.5. The van der Waals surface area contributed by atoms with Crippen LogP contribution in [0.3, 0.4) is 0 Å². The second-order valence-electron chi connectivity index (χ2n) is 7.52. The van der Waals surface area contributed by atoms with Crippen LogP contribution < -0.4 is 0 Å². The van der Waals surface area contributed by atoms with Crippen molar-refractivity contribution in [2.45, 2.75) is 68.9 Å². The zero-order valence-electron chi connectivity index (χ0n) is 15.8. The van der Waals surface area contributed by atoms with Crippen LogP contribution in [0.4, 0.5) is 4.39 Å². The van der Waals surface area contributed by atoms with E-state index >= 15 is 0 Å². The third-order valence-corrected chi connectivity index (χ3v) is 6.82. The number of allylic oxidation sites excluding steroid dienone is 2. The number of halogens is 2. The minimum atomic E-state index is -0.742. The summed E-state index contributed by atoms with van der Waals surface area (Å²) >= 11 is 2.27. The quantitative estimate of drug-likeness (QED) is 0.201. The summed E-state index contributed by atoms with van der Waals surface area (Å²) in [7, 11) is 0. The van der Waals surface area contributed by atoms with Crippen molar-refractivity contribution < 1.29 is 14.3 Å². The number of carbonyl (C=O) groups is 1. The molecule has 0 spiro atoms. The van der Waals surface area contributed by atoms with Crippen LogP contribution in [0.25, 0.3) is 0 Å². The van der Waals surface area contributed by atoms with Gasteiger partial charge in [-0.2, -0.15) is 0 Å². The highest BCUT2D eigenvalue weighted by Gasteiger charge is 2.41. The maximum Gasteiger partial charge on any atom is 0.303 e. The molecule has 1 aromatic carbocycles. The molecule has 1 saturated carbocycles. The molecular formula is C22H30FIO2. The number of benzene rings is 1. The first kappa shape index (κ1) is 21.4. The summed E-state index contributed by atoms with van der Waals surface area (Å²) in [5, 5.41) is 8.66. The van der Waals surface area contributed by atoms with Gasteiger partial charge in [-0.15, -0.1) is 0 Å². The van der Waals surface area contributed by atoms with Crippen LogP contribution in [-0.4, -0.2) is 21.2 Å². The highest BCUT2D eigenvalue weighted by molar-refractivity contribution is 14.1. The Balaban J connectivity index is 1.90. The molecule has 1 aliphatic carbocycles. The van der Waals surface area contributed by atoms with Crippen molar-refractivity contribution in [3.05, 3.63) is 47.0 Å². The smallest absolute Gasteiger partial charge is 0.303 e. The fourth-order valence-electron chi connectivity index (χ4n) is 4.10. The van der Waals surface area contributed by atoms with Gasteiger partial charge in [0, 0.05) is 10.3 Å². The number of carboxylic acids is 1. The average Bonchev–Trinajstić information content (AvgIpc) is 2.84. The van der Waals surface area contributed by atoms with Gasteiger partial charge in [0.05, 0.1) is 0 Å². The third-order valence-electron chi connectivity index (χ3n) is 5.63. The number of aryl methyl sites for hydroxylation is 2. The van der Waals surface area contributed by atoms with E-state index in [4.69, 9.17) is 5.11 Å². The lowest BCUT2D eigenvalue weighted by molar-refractivity contribution is -0.137. The van der Waals surface area contributed by atoms with Gasteiger partial charge in [0.25, 0.3) is 0 Å². The molecule has 0 heterocycles. The Kier molecular flexibility index (Phi) is 8.58. The van der Waals surface area contributed by atoms with E-state index < -0.39 is 12.1 Å². The zero-order valence-corrected chi connectivity index (χ0v) is 17.9. The van der Waals surface area contributed by atoms with Crippen LogP contribution in [0.2, 0.25) is 0 Å². The van der Waals surface area contributed by atoms with Gasteiger partial charge in [0.2, 0.25) is 0 Å². The van der Waals surface area contributed by atoms with Gasteiger partial charge in [-0.3, -0.25) is 4.79 Å². The molecule has 4 heteroatoms. The Morgan fingerprint density at radius 2 is 2.00 bits per heavy atom. The molecular weight excluding hydrogens is 442 g/mol. The molecule has 2 unspecified atom stereocenters. The first-order valence-electron chi connectivity index (χ1n) is 9.60. The number of rotatable bonds is 9. The van der Waals surface area contributed by atoms with Gasteiger partial charge in [-0.1, -0.05) is 52.9 Å². The normalized spacial score (nSPS) is 25.8. The number of alkyl halides is 2. The van der Waals surface area contributed by atoms with E-state index in [1.807, 2.05) is 0 Å². The largest absolute Gasteiger partial charge is 0.481 e. The summed E-state index contributed by atoms with van der Waals surface area (Å²) in [5.74, 6) is -0.222.